The molecule has 33 heavy (non-hydrogen) atoms. The molecule has 2 aromatic rings. The number of nitrogens with zero attached hydrogens (tertiary/aromatic N) is 2. The van der Waals surface area contributed by atoms with Crippen LogP contribution < -0.4 is 10.2 Å². The van der Waals surface area contributed by atoms with E-state index < -0.39 is 21.5 Å². The highest BCUT2D eigenvalue weighted by atomic mass is 32.2. The van der Waals surface area contributed by atoms with Crippen molar-refractivity contribution < 1.29 is 18.0 Å². The second-order valence-electron chi connectivity index (χ2n) is 9.06. The van der Waals surface area contributed by atoms with Crippen LogP contribution in [0.5, 0.6) is 0 Å². The summed E-state index contributed by atoms with van der Waals surface area (Å²) in [7, 11) is -3.94. The van der Waals surface area contributed by atoms with Gasteiger partial charge in [0.15, 0.2) is 0 Å². The topological polar surface area (TPSA) is 86.8 Å². The highest BCUT2D eigenvalue weighted by Gasteiger charge is 2.51. The summed E-state index contributed by atoms with van der Waals surface area (Å²) in [5.74, 6) is -0.746. The predicted molar refractivity (Wildman–Crippen MR) is 127 cm³/mol. The van der Waals surface area contributed by atoms with Crippen LogP contribution in [-0.4, -0.2) is 49.2 Å². The highest BCUT2D eigenvalue weighted by molar-refractivity contribution is 7.89. The molecule has 1 saturated carbocycles. The standard InChI is InChI=1S/C25H31N3O4S/c1-3-19-13-15-21(16-14-19)28-23(29)17-27(33(31,32)22-11-5-4-6-12-22)18-25(28,2)24(30)26-20-9-7-8-10-20/h4-6,11-16,20H,3,7-10,17-18H2,1-2H3,(H,26,30)/t25-/m1/s1. The summed E-state index contributed by atoms with van der Waals surface area (Å²) in [4.78, 5) is 28.6. The quantitative estimate of drug-likeness (QED) is 0.704. The third kappa shape index (κ3) is 4.54. The van der Waals surface area contributed by atoms with Crippen LogP contribution >= 0.6 is 0 Å². The summed E-state index contributed by atoms with van der Waals surface area (Å²) >= 11 is 0. The molecule has 0 bridgehead atoms. The first kappa shape index (κ1) is 23.4. The maximum absolute atomic E-state index is 13.6. The zero-order valence-corrected chi connectivity index (χ0v) is 20.0. The monoisotopic (exact) mass is 469 g/mol. The lowest BCUT2D eigenvalue weighted by Crippen LogP contribution is -2.70. The number of rotatable bonds is 6. The van der Waals surface area contributed by atoms with Crippen LogP contribution in [0.3, 0.4) is 0 Å². The van der Waals surface area contributed by atoms with Crippen molar-refractivity contribution in [3.05, 3.63) is 60.2 Å². The normalized spacial score (nSPS) is 22.5. The fourth-order valence-electron chi connectivity index (χ4n) is 4.77. The number of hydrogen-bond donors (Lipinski definition) is 1. The van der Waals surface area contributed by atoms with E-state index in [0.717, 1.165) is 42.0 Å². The van der Waals surface area contributed by atoms with E-state index in [1.165, 1.54) is 17.0 Å². The van der Waals surface area contributed by atoms with Gasteiger partial charge in [-0.05, 0) is 56.0 Å². The Balaban J connectivity index is 1.72. The van der Waals surface area contributed by atoms with Crippen LogP contribution in [-0.2, 0) is 26.0 Å². The van der Waals surface area contributed by atoms with E-state index in [9.17, 15) is 18.0 Å². The maximum atomic E-state index is 13.6. The van der Waals surface area contributed by atoms with Crippen molar-refractivity contribution in [2.24, 2.45) is 0 Å². The molecule has 1 N–H and O–H groups in total. The van der Waals surface area contributed by atoms with Crippen LogP contribution in [0.2, 0.25) is 0 Å². The molecule has 0 aromatic heterocycles. The summed E-state index contributed by atoms with van der Waals surface area (Å²) in [6.45, 7) is 3.27. The Labute approximate surface area is 195 Å². The van der Waals surface area contributed by atoms with Crippen LogP contribution in [0.1, 0.15) is 45.1 Å². The van der Waals surface area contributed by atoms with E-state index in [1.54, 1.807) is 25.1 Å². The number of hydrogen-bond acceptors (Lipinski definition) is 4. The SMILES string of the molecule is CCc1ccc(N2C(=O)CN(S(=O)(=O)c3ccccc3)C[C@]2(C)C(=O)NC2CCCC2)cc1. The first-order valence-electron chi connectivity index (χ1n) is 11.5. The molecule has 0 spiro atoms. The summed E-state index contributed by atoms with van der Waals surface area (Å²) < 4.78 is 27.8. The molecular formula is C25H31N3O4S. The molecule has 2 aliphatic rings. The molecule has 2 aromatic carbocycles. The van der Waals surface area contributed by atoms with E-state index in [-0.39, 0.29) is 29.9 Å². The summed E-state index contributed by atoms with van der Waals surface area (Å²) in [6, 6.07) is 15.6. The van der Waals surface area contributed by atoms with E-state index in [2.05, 4.69) is 5.32 Å². The van der Waals surface area contributed by atoms with Crippen molar-refractivity contribution in [2.75, 3.05) is 18.0 Å². The molecule has 0 radical (unpaired) electrons. The van der Waals surface area contributed by atoms with Crippen molar-refractivity contribution in [3.8, 4) is 0 Å². The minimum atomic E-state index is -3.94. The highest BCUT2D eigenvalue weighted by Crippen LogP contribution is 2.33. The molecule has 0 unspecified atom stereocenters. The molecule has 1 atom stereocenters. The number of nitrogens with one attached hydrogen (secondary N) is 1. The lowest BCUT2D eigenvalue weighted by Gasteiger charge is -2.47. The predicted octanol–water partition coefficient (Wildman–Crippen LogP) is 3.10. The van der Waals surface area contributed by atoms with Gasteiger partial charge in [0.1, 0.15) is 5.54 Å². The number of carbonyl (C=O) groups excluding carboxylic acids is 2. The van der Waals surface area contributed by atoms with Crippen molar-refractivity contribution in [1.82, 2.24) is 9.62 Å². The van der Waals surface area contributed by atoms with E-state index >= 15 is 0 Å². The van der Waals surface area contributed by atoms with E-state index in [0.29, 0.717) is 5.69 Å². The number of benzene rings is 2. The van der Waals surface area contributed by atoms with Gasteiger partial charge >= 0.3 is 0 Å². The van der Waals surface area contributed by atoms with Gasteiger partial charge in [0.25, 0.3) is 0 Å². The molecule has 1 aliphatic carbocycles. The minimum Gasteiger partial charge on any atom is -0.351 e. The Morgan fingerprint density at radius 2 is 1.70 bits per heavy atom. The van der Waals surface area contributed by atoms with Gasteiger partial charge < -0.3 is 5.32 Å². The first-order chi connectivity index (χ1) is 15.8. The van der Waals surface area contributed by atoms with Crippen LogP contribution in [0.15, 0.2) is 59.5 Å². The average molecular weight is 470 g/mol. The Kier molecular flexibility index (Phi) is 6.59. The van der Waals surface area contributed by atoms with Crippen molar-refractivity contribution in [2.45, 2.75) is 62.4 Å². The van der Waals surface area contributed by atoms with E-state index in [1.807, 2.05) is 31.2 Å². The third-order valence-corrected chi connectivity index (χ3v) is 8.51. The number of sulfonamides is 1. The van der Waals surface area contributed by atoms with Crippen molar-refractivity contribution in [3.63, 3.8) is 0 Å². The molecule has 176 valence electrons. The van der Waals surface area contributed by atoms with Gasteiger partial charge in [0.05, 0.1) is 11.4 Å². The molecular weight excluding hydrogens is 438 g/mol. The van der Waals surface area contributed by atoms with Crippen LogP contribution in [0.4, 0.5) is 5.69 Å². The molecule has 2 amide bonds. The summed E-state index contributed by atoms with van der Waals surface area (Å²) in [5, 5.41) is 3.09. The van der Waals surface area contributed by atoms with Crippen molar-refractivity contribution in [1.29, 1.82) is 0 Å². The molecule has 4 rings (SSSR count). The molecule has 8 heteroatoms. The molecule has 2 fully saturated rings. The minimum absolute atomic E-state index is 0.0508. The second-order valence-corrected chi connectivity index (χ2v) is 11.0. The zero-order valence-electron chi connectivity index (χ0n) is 19.2. The average Bonchev–Trinajstić information content (AvgIpc) is 3.32. The fraction of sp³-hybridized carbons (Fsp3) is 0.440. The fourth-order valence-corrected chi connectivity index (χ4v) is 6.27. The van der Waals surface area contributed by atoms with Gasteiger partial charge in [-0.15, -0.1) is 0 Å². The number of carbonyl (C=O) groups is 2. The van der Waals surface area contributed by atoms with Gasteiger partial charge in [-0.25, -0.2) is 8.42 Å². The largest absolute Gasteiger partial charge is 0.351 e. The number of piperazine rings is 1. The zero-order chi connectivity index (χ0) is 23.6. The summed E-state index contributed by atoms with van der Waals surface area (Å²) in [5.41, 5.74) is 0.333. The lowest BCUT2D eigenvalue weighted by molar-refractivity contribution is -0.133. The number of amides is 2. The molecule has 7 nitrogen and oxygen atoms in total. The van der Waals surface area contributed by atoms with Gasteiger partial charge in [0, 0.05) is 18.3 Å². The molecule has 1 aliphatic heterocycles. The van der Waals surface area contributed by atoms with Gasteiger partial charge in [-0.1, -0.05) is 50.1 Å². The van der Waals surface area contributed by atoms with Gasteiger partial charge in [-0.3, -0.25) is 14.5 Å². The number of aryl methyl sites for hydroxylation is 1. The maximum Gasteiger partial charge on any atom is 0.247 e. The first-order valence-corrected chi connectivity index (χ1v) is 13.0. The Bertz CT molecular complexity index is 1110. The van der Waals surface area contributed by atoms with Crippen LogP contribution in [0.25, 0.3) is 0 Å². The summed E-state index contributed by atoms with van der Waals surface area (Å²) in [6.07, 6.45) is 4.76. The Morgan fingerprint density at radius 3 is 2.30 bits per heavy atom. The van der Waals surface area contributed by atoms with Crippen LogP contribution in [0, 0.1) is 0 Å². The molecule has 1 heterocycles. The van der Waals surface area contributed by atoms with Crippen molar-refractivity contribution >= 4 is 27.5 Å². The van der Waals surface area contributed by atoms with Gasteiger partial charge in [0.2, 0.25) is 21.8 Å². The Hall–Kier alpha value is -2.71. The smallest absolute Gasteiger partial charge is 0.247 e. The Morgan fingerprint density at radius 1 is 1.06 bits per heavy atom. The third-order valence-electron chi connectivity index (χ3n) is 6.70. The van der Waals surface area contributed by atoms with Gasteiger partial charge in [-0.2, -0.15) is 4.31 Å². The lowest BCUT2D eigenvalue weighted by atomic mass is 9.93. The number of anilines is 1. The van der Waals surface area contributed by atoms with E-state index in [4.69, 9.17) is 0 Å². The second kappa shape index (κ2) is 9.27. The molecule has 1 saturated heterocycles.